The van der Waals surface area contributed by atoms with E-state index in [1.165, 1.54) is 0 Å². The van der Waals surface area contributed by atoms with Crippen LogP contribution in [0.4, 0.5) is 23.8 Å². The van der Waals surface area contributed by atoms with Crippen LogP contribution >= 0.6 is 0 Å². The van der Waals surface area contributed by atoms with Crippen molar-refractivity contribution in [2.75, 3.05) is 92.3 Å². The van der Waals surface area contributed by atoms with Crippen molar-refractivity contribution in [3.63, 3.8) is 0 Å². The van der Waals surface area contributed by atoms with Gasteiger partial charge in [-0.1, -0.05) is 141 Å². The molecule has 0 aromatic carbocycles. The number of unbranched alkanes of at least 4 members (excludes halogenated alkanes) is 9. The zero-order valence-electron chi connectivity index (χ0n) is 86.6. The van der Waals surface area contributed by atoms with Gasteiger partial charge in [0.1, 0.15) is 0 Å². The van der Waals surface area contributed by atoms with Crippen LogP contribution in [0.5, 0.6) is 0 Å². The molecule has 5 fully saturated rings. The van der Waals surface area contributed by atoms with Crippen LogP contribution in [0.15, 0.2) is 9.98 Å². The van der Waals surface area contributed by atoms with Crippen molar-refractivity contribution >= 4 is 35.7 Å². The normalized spacial score (nSPS) is 22.3. The minimum atomic E-state index is -0.790. The second-order valence-electron chi connectivity index (χ2n) is 46.2. The van der Waals surface area contributed by atoms with E-state index in [2.05, 4.69) is 304 Å². The number of rotatable bonds is 47. The first-order valence-electron chi connectivity index (χ1n) is 50.9. The van der Waals surface area contributed by atoms with Gasteiger partial charge in [0.2, 0.25) is 42.0 Å². The van der Waals surface area contributed by atoms with Gasteiger partial charge in [-0.2, -0.15) is 29.9 Å². The number of anilines is 4. The highest BCUT2D eigenvalue weighted by Crippen LogP contribution is 2.49. The highest BCUT2D eigenvalue weighted by Gasteiger charge is 2.56. The minimum Gasteiger partial charge on any atom is -0.346 e. The van der Waals surface area contributed by atoms with Gasteiger partial charge in [0.25, 0.3) is 0 Å². The zero-order valence-corrected chi connectivity index (χ0v) is 86.6. The molecular formula is C100H194N24. The number of piperidine rings is 5. The molecule has 0 radical (unpaired) electrons. The van der Waals surface area contributed by atoms with Crippen molar-refractivity contribution in [1.82, 2.24) is 86.0 Å². The Bertz CT molecular complexity index is 3530. The van der Waals surface area contributed by atoms with Gasteiger partial charge in [0, 0.05) is 145 Å². The Morgan fingerprint density at radius 2 is 0.613 bits per heavy atom. The smallest absolute Gasteiger partial charge is 0.231 e. The first kappa shape index (κ1) is 105. The summed E-state index contributed by atoms with van der Waals surface area (Å²) in [7, 11) is 2.25. The van der Waals surface area contributed by atoms with Gasteiger partial charge in [0.15, 0.2) is 11.6 Å². The summed E-state index contributed by atoms with van der Waals surface area (Å²) >= 11 is 0. The van der Waals surface area contributed by atoms with Crippen molar-refractivity contribution in [3.8, 4) is 0 Å². The van der Waals surface area contributed by atoms with Crippen LogP contribution < -0.4 is 52.0 Å². The fourth-order valence-corrected chi connectivity index (χ4v) is 24.0. The van der Waals surface area contributed by atoms with Crippen LogP contribution in [-0.4, -0.2) is 236 Å². The third-order valence-electron chi connectivity index (χ3n) is 29.1. The van der Waals surface area contributed by atoms with Gasteiger partial charge in [0.05, 0.1) is 24.4 Å². The standard InChI is InChI=1S/C100H194N24/c1-34-46-54-61-118(60-52-40-7)84-103-80(102-83(108-84)116(56-48-36-3)57-49-37-4)99(42-9,43-10)123(79-69-95(25,26)114-96(27,28)70-79)74-121(77-71-97(29,30)124(101)98(31,32)72-77)87-105-81(104-86(110-87)119(62-53-41-8)75-63-89(13,14)111-90(15,16)64-75)100(44-11,45-12)122(78-67-93(21,22)113-94(23,24)68-78)73-120(76-65-91(17,18)112-92(19,20)66-76)88-107-82(115(33)55-47-35-2)106-85(109-88)117(58-50-38-5)59-51-39-6/h75-79,85,111-114H,34-74,101H2,1-33H3,(H,106,107,109). The van der Waals surface area contributed by atoms with Gasteiger partial charge in [-0.05, 0) is 280 Å². The summed E-state index contributed by atoms with van der Waals surface area (Å²) in [6.07, 6.45) is 29.8. The van der Waals surface area contributed by atoms with Crippen molar-refractivity contribution in [2.45, 2.75) is 524 Å². The fraction of sp³-hybridized carbons (Fsp3) is 0.920. The summed E-state index contributed by atoms with van der Waals surface area (Å²) in [5, 5.41) is 23.1. The number of hydrogen-bond donors (Lipinski definition) is 6. The average Bonchev–Trinajstić information content (AvgIpc) is 0.731. The third kappa shape index (κ3) is 27.2. The molecule has 8 heterocycles. The van der Waals surface area contributed by atoms with E-state index < -0.39 is 28.4 Å². The number of aromatic nitrogens is 6. The molecule has 2 aromatic heterocycles. The highest BCUT2D eigenvalue weighted by molar-refractivity contribution is 6.00. The number of guanidine groups is 2. The quantitative estimate of drug-likeness (QED) is 0.0206. The predicted octanol–water partition coefficient (Wildman–Crippen LogP) is 19.6. The Balaban J connectivity index is 1.58. The number of hydrogen-bond acceptors (Lipinski definition) is 24. The van der Waals surface area contributed by atoms with Crippen molar-refractivity contribution < 1.29 is 0 Å². The largest absolute Gasteiger partial charge is 0.346 e. The molecule has 5 saturated heterocycles. The topological polar surface area (TPSA) is 221 Å². The lowest BCUT2D eigenvalue weighted by atomic mass is 9.76. The molecule has 124 heavy (non-hydrogen) atoms. The second kappa shape index (κ2) is 43.8. The second-order valence-corrected chi connectivity index (χ2v) is 46.2. The van der Waals surface area contributed by atoms with Gasteiger partial charge in [-0.25, -0.2) is 15.0 Å². The molecule has 1 unspecified atom stereocenters. The molecule has 6 aliphatic rings. The van der Waals surface area contributed by atoms with Crippen LogP contribution in [0.3, 0.4) is 0 Å². The van der Waals surface area contributed by atoms with Gasteiger partial charge >= 0.3 is 0 Å². The molecule has 2 aromatic rings. The SMILES string of the molecule is CCCCCN(CCCC)c1nc(N(CCCC)CCCC)nc(C(CC)(CC)N(CN(c2nc(N(CCCC)C3CC(C)(C)NC(C)(C)C3)nc(C(CC)(CC)N(CN(C3=NC(N(CCCC)CCCC)N=C(N(C)CCCC)N3)C3CC(C)(C)NC(C)(C)C3)C3CC(C)(C)NC(C)(C)C3)n2)C2CC(C)(C)N(N)C(C)(C)C2)C2CC(C)(C)NC(C)(C)C2)n1. The van der Waals surface area contributed by atoms with E-state index in [9.17, 15) is 0 Å². The third-order valence-corrected chi connectivity index (χ3v) is 29.1. The molecule has 24 heteroatoms. The van der Waals surface area contributed by atoms with Gasteiger partial charge in [-0.15, -0.1) is 0 Å². The molecule has 6 aliphatic heterocycles. The maximum atomic E-state index is 7.61. The molecule has 0 saturated carbocycles. The molecular weight excluding hydrogens is 1540 g/mol. The maximum Gasteiger partial charge on any atom is 0.231 e. The van der Waals surface area contributed by atoms with E-state index in [1.54, 1.807) is 0 Å². The van der Waals surface area contributed by atoms with Gasteiger partial charge < -0.3 is 50.7 Å². The summed E-state index contributed by atoms with van der Waals surface area (Å²) < 4.78 is 0. The number of aliphatic imine (C=N–C) groups is 2. The van der Waals surface area contributed by atoms with Crippen LogP contribution in [0.2, 0.25) is 0 Å². The Kier molecular flexibility index (Phi) is 37.0. The maximum absolute atomic E-state index is 7.61. The molecule has 0 aliphatic carbocycles. The Morgan fingerprint density at radius 1 is 0.323 bits per heavy atom. The van der Waals surface area contributed by atoms with Crippen LogP contribution in [0, 0.1) is 0 Å². The summed E-state index contributed by atoms with van der Waals surface area (Å²) in [5.74, 6) is 14.3. The molecule has 8 rings (SSSR count). The minimum absolute atomic E-state index is 0.0488. The number of nitrogens with one attached hydrogen (secondary N) is 5. The van der Waals surface area contributed by atoms with Crippen molar-refractivity contribution in [2.24, 2.45) is 15.8 Å². The summed E-state index contributed by atoms with van der Waals surface area (Å²) in [4.78, 5) is 73.6. The molecule has 0 amide bonds. The molecule has 714 valence electrons. The lowest BCUT2D eigenvalue weighted by molar-refractivity contribution is -0.0586. The number of nitrogens with two attached hydrogens (primary N) is 1. The van der Waals surface area contributed by atoms with E-state index in [0.29, 0.717) is 13.3 Å². The summed E-state index contributed by atoms with van der Waals surface area (Å²) in [6, 6.07) is 0.181. The first-order valence-corrected chi connectivity index (χ1v) is 50.9. The number of hydrazine groups is 1. The summed E-state index contributed by atoms with van der Waals surface area (Å²) in [6.45, 7) is 85.1. The Morgan fingerprint density at radius 3 is 0.984 bits per heavy atom. The highest BCUT2D eigenvalue weighted by atomic mass is 15.5. The Hall–Kier alpha value is -4.40. The van der Waals surface area contributed by atoms with Crippen molar-refractivity contribution in [3.05, 3.63) is 11.6 Å². The van der Waals surface area contributed by atoms with E-state index in [0.717, 1.165) is 299 Å². The number of nitrogens with zero attached hydrogens (tertiary/aromatic N) is 18. The predicted molar refractivity (Wildman–Crippen MR) is 528 cm³/mol. The van der Waals surface area contributed by atoms with Crippen LogP contribution in [0.1, 0.15) is 432 Å². The average molecular weight is 1730 g/mol. The molecule has 0 spiro atoms. The van der Waals surface area contributed by atoms with Crippen LogP contribution in [-0.2, 0) is 11.1 Å². The summed E-state index contributed by atoms with van der Waals surface area (Å²) in [5.41, 5.74) is -4.07. The Labute approximate surface area is 761 Å². The molecule has 7 N–H and O–H groups in total. The van der Waals surface area contributed by atoms with E-state index in [-0.39, 0.29) is 74.5 Å². The van der Waals surface area contributed by atoms with Gasteiger partial charge in [-0.3, -0.25) is 25.9 Å². The molecule has 24 nitrogen and oxygen atoms in total. The first-order chi connectivity index (χ1) is 58.0. The van der Waals surface area contributed by atoms with E-state index in [4.69, 9.17) is 45.7 Å². The molecule has 0 bridgehead atoms. The van der Waals surface area contributed by atoms with Crippen LogP contribution in [0.25, 0.3) is 0 Å². The lowest BCUT2D eigenvalue weighted by Gasteiger charge is -2.58. The zero-order chi connectivity index (χ0) is 92.0. The van der Waals surface area contributed by atoms with Crippen molar-refractivity contribution in [1.29, 1.82) is 0 Å². The monoisotopic (exact) mass is 1730 g/mol. The molecule has 1 atom stereocenters. The lowest BCUT2D eigenvalue weighted by Crippen LogP contribution is -2.70. The van der Waals surface area contributed by atoms with E-state index in [1.807, 2.05) is 0 Å². The fourth-order valence-electron chi connectivity index (χ4n) is 24.0. The van der Waals surface area contributed by atoms with E-state index >= 15 is 0 Å².